The number of aromatic nitrogens is 1. The molecule has 2 aromatic rings. The number of sulfonamides is 1. The largest absolute Gasteiger partial charge is 0.337 e. The summed E-state index contributed by atoms with van der Waals surface area (Å²) in [7, 11) is -3.70. The Morgan fingerprint density at radius 1 is 0.960 bits per heavy atom. The molecule has 1 aromatic carbocycles. The van der Waals surface area contributed by atoms with E-state index in [-0.39, 0.29) is 17.3 Å². The number of carbonyl (C=O) groups excluding carboxylic acids is 1. The summed E-state index contributed by atoms with van der Waals surface area (Å²) < 4.78 is 39.8. The summed E-state index contributed by atoms with van der Waals surface area (Å²) in [6.07, 6.45) is 3.64. The molecular weight excluding hydrogens is 345 g/mol. The normalized spacial score (nSPS) is 16.4. The first-order chi connectivity index (χ1) is 12.0. The molecule has 1 aliphatic heterocycles. The zero-order chi connectivity index (χ0) is 17.9. The smallest absolute Gasteiger partial charge is 0.254 e. The van der Waals surface area contributed by atoms with E-state index < -0.39 is 15.8 Å². The third-order valence-corrected chi connectivity index (χ3v) is 6.03. The molecule has 0 aliphatic carbocycles. The summed E-state index contributed by atoms with van der Waals surface area (Å²) >= 11 is 0. The maximum absolute atomic E-state index is 13.0. The van der Waals surface area contributed by atoms with Crippen LogP contribution < -0.4 is 0 Å². The van der Waals surface area contributed by atoms with Gasteiger partial charge in [-0.25, -0.2) is 12.8 Å². The highest BCUT2D eigenvalue weighted by Crippen LogP contribution is 2.19. The molecular formula is C17H18FN3O3S. The SMILES string of the molecule is O=C(c1ccncc1)N1CCCN(S(=O)(=O)c2ccc(F)cc2)CC1. The number of pyridine rings is 1. The molecule has 0 spiro atoms. The maximum Gasteiger partial charge on any atom is 0.254 e. The van der Waals surface area contributed by atoms with Gasteiger partial charge in [-0.15, -0.1) is 0 Å². The fourth-order valence-electron chi connectivity index (χ4n) is 2.77. The summed E-state index contributed by atoms with van der Waals surface area (Å²) in [5.41, 5.74) is 0.532. The monoisotopic (exact) mass is 363 g/mol. The van der Waals surface area contributed by atoms with Crippen LogP contribution in [0.1, 0.15) is 16.8 Å². The molecule has 0 radical (unpaired) electrons. The zero-order valence-electron chi connectivity index (χ0n) is 13.5. The summed E-state index contributed by atoms with van der Waals surface area (Å²) in [6, 6.07) is 8.05. The molecule has 1 aliphatic rings. The van der Waals surface area contributed by atoms with Gasteiger partial charge in [0.2, 0.25) is 10.0 Å². The van der Waals surface area contributed by atoms with Crippen LogP contribution in [0, 0.1) is 5.82 Å². The highest BCUT2D eigenvalue weighted by molar-refractivity contribution is 7.89. The minimum Gasteiger partial charge on any atom is -0.337 e. The summed E-state index contributed by atoms with van der Waals surface area (Å²) in [4.78, 5) is 18.1. The van der Waals surface area contributed by atoms with Crippen LogP contribution >= 0.6 is 0 Å². The number of carbonyl (C=O) groups is 1. The highest BCUT2D eigenvalue weighted by Gasteiger charge is 2.28. The van der Waals surface area contributed by atoms with Crippen LogP contribution in [0.2, 0.25) is 0 Å². The molecule has 132 valence electrons. The van der Waals surface area contributed by atoms with Gasteiger partial charge in [0.05, 0.1) is 4.90 Å². The van der Waals surface area contributed by atoms with E-state index in [1.807, 2.05) is 0 Å². The standard InChI is InChI=1S/C17H18FN3O3S/c18-15-2-4-16(5-3-15)25(23,24)21-11-1-10-20(12-13-21)17(22)14-6-8-19-9-7-14/h2-9H,1,10-13H2. The molecule has 0 N–H and O–H groups in total. The molecule has 1 amide bonds. The van der Waals surface area contributed by atoms with E-state index in [0.717, 1.165) is 12.1 Å². The van der Waals surface area contributed by atoms with Crippen molar-refractivity contribution in [3.05, 3.63) is 60.2 Å². The average molecular weight is 363 g/mol. The van der Waals surface area contributed by atoms with Crippen molar-refractivity contribution in [1.29, 1.82) is 0 Å². The zero-order valence-corrected chi connectivity index (χ0v) is 14.3. The van der Waals surface area contributed by atoms with Gasteiger partial charge in [-0.1, -0.05) is 0 Å². The summed E-state index contributed by atoms with van der Waals surface area (Å²) in [6.45, 7) is 1.31. The van der Waals surface area contributed by atoms with Gasteiger partial charge in [0, 0.05) is 44.1 Å². The number of nitrogens with zero attached hydrogens (tertiary/aromatic N) is 3. The Morgan fingerprint density at radius 2 is 1.64 bits per heavy atom. The Balaban J connectivity index is 1.73. The summed E-state index contributed by atoms with van der Waals surface area (Å²) in [5, 5.41) is 0. The van der Waals surface area contributed by atoms with Crippen LogP contribution in [0.15, 0.2) is 53.7 Å². The van der Waals surface area contributed by atoms with Crippen molar-refractivity contribution in [3.63, 3.8) is 0 Å². The second kappa shape index (κ2) is 7.28. The van der Waals surface area contributed by atoms with Gasteiger partial charge < -0.3 is 4.90 Å². The van der Waals surface area contributed by atoms with Crippen LogP contribution in [0.3, 0.4) is 0 Å². The third kappa shape index (κ3) is 3.85. The Morgan fingerprint density at radius 3 is 2.32 bits per heavy atom. The minimum absolute atomic E-state index is 0.0582. The first kappa shape index (κ1) is 17.5. The Hall–Kier alpha value is -2.32. The van der Waals surface area contributed by atoms with Crippen molar-refractivity contribution in [2.45, 2.75) is 11.3 Å². The Labute approximate surface area is 145 Å². The van der Waals surface area contributed by atoms with E-state index in [2.05, 4.69) is 4.98 Å². The van der Waals surface area contributed by atoms with Crippen LogP contribution in [0.5, 0.6) is 0 Å². The van der Waals surface area contributed by atoms with Gasteiger partial charge in [-0.05, 0) is 42.8 Å². The van der Waals surface area contributed by atoms with E-state index in [1.54, 1.807) is 29.4 Å². The average Bonchev–Trinajstić information content (AvgIpc) is 2.89. The molecule has 0 saturated carbocycles. The van der Waals surface area contributed by atoms with Crippen molar-refractivity contribution in [3.8, 4) is 0 Å². The van der Waals surface area contributed by atoms with Crippen LogP contribution in [-0.4, -0.2) is 54.7 Å². The number of hydrogen-bond donors (Lipinski definition) is 0. The van der Waals surface area contributed by atoms with Gasteiger partial charge in [0.1, 0.15) is 5.82 Å². The van der Waals surface area contributed by atoms with Gasteiger partial charge in [0.15, 0.2) is 0 Å². The molecule has 0 atom stereocenters. The molecule has 2 heterocycles. The number of amides is 1. The fraction of sp³-hybridized carbons (Fsp3) is 0.294. The minimum atomic E-state index is -3.70. The molecule has 3 rings (SSSR count). The highest BCUT2D eigenvalue weighted by atomic mass is 32.2. The van der Waals surface area contributed by atoms with E-state index >= 15 is 0 Å². The van der Waals surface area contributed by atoms with Crippen molar-refractivity contribution >= 4 is 15.9 Å². The fourth-order valence-corrected chi connectivity index (χ4v) is 4.24. The molecule has 1 saturated heterocycles. The molecule has 8 heteroatoms. The van der Waals surface area contributed by atoms with Crippen LogP contribution in [0.25, 0.3) is 0 Å². The first-order valence-electron chi connectivity index (χ1n) is 7.93. The number of benzene rings is 1. The maximum atomic E-state index is 13.0. The summed E-state index contributed by atoms with van der Waals surface area (Å²) in [5.74, 6) is -0.618. The Bertz CT molecular complexity index is 841. The number of halogens is 1. The lowest BCUT2D eigenvalue weighted by molar-refractivity contribution is 0.0764. The molecule has 1 aromatic heterocycles. The predicted octanol–water partition coefficient (Wildman–Crippen LogP) is 1.76. The molecule has 0 unspecified atom stereocenters. The number of rotatable bonds is 3. The van der Waals surface area contributed by atoms with Crippen LogP contribution in [-0.2, 0) is 10.0 Å². The van der Waals surface area contributed by atoms with Gasteiger partial charge in [-0.2, -0.15) is 4.31 Å². The predicted molar refractivity (Wildman–Crippen MR) is 89.9 cm³/mol. The van der Waals surface area contributed by atoms with Gasteiger partial charge in [0.25, 0.3) is 5.91 Å². The molecule has 25 heavy (non-hydrogen) atoms. The van der Waals surface area contributed by atoms with Gasteiger partial charge in [-0.3, -0.25) is 9.78 Å². The van der Waals surface area contributed by atoms with E-state index in [1.165, 1.54) is 16.4 Å². The Kier molecular flexibility index (Phi) is 5.10. The third-order valence-electron chi connectivity index (χ3n) is 4.12. The molecule has 1 fully saturated rings. The van der Waals surface area contributed by atoms with Gasteiger partial charge >= 0.3 is 0 Å². The van der Waals surface area contributed by atoms with Crippen molar-refractivity contribution in [2.75, 3.05) is 26.2 Å². The first-order valence-corrected chi connectivity index (χ1v) is 9.37. The lowest BCUT2D eigenvalue weighted by Gasteiger charge is -2.22. The van der Waals surface area contributed by atoms with Crippen molar-refractivity contribution in [1.82, 2.24) is 14.2 Å². The lowest BCUT2D eigenvalue weighted by atomic mass is 10.2. The topological polar surface area (TPSA) is 70.6 Å². The number of hydrogen-bond acceptors (Lipinski definition) is 4. The quantitative estimate of drug-likeness (QED) is 0.833. The van der Waals surface area contributed by atoms with E-state index in [0.29, 0.717) is 31.6 Å². The van der Waals surface area contributed by atoms with E-state index in [4.69, 9.17) is 0 Å². The molecule has 6 nitrogen and oxygen atoms in total. The second-order valence-corrected chi connectivity index (χ2v) is 7.68. The second-order valence-electron chi connectivity index (χ2n) is 5.74. The van der Waals surface area contributed by atoms with Crippen molar-refractivity contribution in [2.24, 2.45) is 0 Å². The lowest BCUT2D eigenvalue weighted by Crippen LogP contribution is -2.37. The van der Waals surface area contributed by atoms with Crippen LogP contribution in [0.4, 0.5) is 4.39 Å². The molecule has 0 bridgehead atoms. The van der Waals surface area contributed by atoms with Crippen molar-refractivity contribution < 1.29 is 17.6 Å². The van der Waals surface area contributed by atoms with E-state index in [9.17, 15) is 17.6 Å².